The van der Waals surface area contributed by atoms with Gasteiger partial charge in [0.15, 0.2) is 5.69 Å². The zero-order valence-corrected chi connectivity index (χ0v) is 32.3. The number of likely N-dealkylation sites (N-methyl/N-ethyl adjacent to an activating group) is 1. The molecule has 13 heteroatoms. The summed E-state index contributed by atoms with van der Waals surface area (Å²) in [5.74, 6) is 1.40. The Labute approximate surface area is 304 Å². The van der Waals surface area contributed by atoms with Crippen molar-refractivity contribution in [2.75, 3.05) is 82.3 Å². The van der Waals surface area contributed by atoms with Crippen molar-refractivity contribution < 1.29 is 9.30 Å². The Morgan fingerprint density at radius 1 is 1.00 bits per heavy atom. The molecule has 0 bridgehead atoms. The molecule has 6 rings (SSSR count). The van der Waals surface area contributed by atoms with Crippen molar-refractivity contribution in [3.05, 3.63) is 64.5 Å². The molecule has 0 unspecified atom stereocenters. The number of rotatable bonds is 10. The number of piperazine rings is 1. The Bertz CT molecular complexity index is 1940. The molecule has 0 amide bonds. The van der Waals surface area contributed by atoms with Crippen molar-refractivity contribution >= 4 is 56.9 Å². The number of aromatic nitrogens is 3. The number of pyridine rings is 1. The summed E-state index contributed by atoms with van der Waals surface area (Å²) in [6, 6.07) is 14.8. The second-order valence-electron chi connectivity index (χ2n) is 13.7. The smallest absolute Gasteiger partial charge is 0.170 e. The standard InChI is InChI=1S/C37H47BrN9O2P/c1-7-25-18-32(35(49-4)21-34(25)47-12-10-27(11-13-47)46-16-14-44(2)15-17-46)42-37-20-31(29(38)23-40-37)41-30-9-8-26(19-36(30)50(5,6)48)28-24-45(3)43-33(28)22-39/h8-9,18-21,23-24,27H,7,10-17H2,1-6H3,(H2,40,41,42). The summed E-state index contributed by atoms with van der Waals surface area (Å²) in [5.41, 5.74) is 6.66. The number of benzene rings is 2. The van der Waals surface area contributed by atoms with Gasteiger partial charge in [0, 0.05) is 99.1 Å². The number of hydrogen-bond donors (Lipinski definition) is 2. The molecular formula is C37H47BrN9O2P. The van der Waals surface area contributed by atoms with Gasteiger partial charge in [-0.3, -0.25) is 9.58 Å². The second kappa shape index (κ2) is 15.2. The average molecular weight is 761 g/mol. The highest BCUT2D eigenvalue weighted by Gasteiger charge is 2.28. The minimum Gasteiger partial charge on any atom is -0.494 e. The SMILES string of the molecule is CCc1cc(Nc2cc(Nc3ccc(-c4cn(C)nc4C#N)cc3P(C)(C)=O)c(Br)cn2)c(OC)cc1N1CCC(N2CCN(C)CC2)CC1. The van der Waals surface area contributed by atoms with Crippen LogP contribution in [-0.2, 0) is 18.0 Å². The first-order chi connectivity index (χ1) is 24.0. The number of nitriles is 1. The number of piperidine rings is 1. The normalized spacial score (nSPS) is 16.3. The summed E-state index contributed by atoms with van der Waals surface area (Å²) in [6.07, 6.45) is 6.80. The van der Waals surface area contributed by atoms with E-state index in [0.29, 0.717) is 34.1 Å². The number of nitrogens with zero attached hydrogens (tertiary/aromatic N) is 7. The van der Waals surface area contributed by atoms with Crippen LogP contribution in [0.15, 0.2) is 53.3 Å². The highest BCUT2D eigenvalue weighted by Crippen LogP contribution is 2.42. The highest BCUT2D eigenvalue weighted by atomic mass is 79.9. The zero-order chi connectivity index (χ0) is 35.6. The quantitative estimate of drug-likeness (QED) is 0.171. The zero-order valence-electron chi connectivity index (χ0n) is 29.8. The summed E-state index contributed by atoms with van der Waals surface area (Å²) >= 11 is 3.65. The van der Waals surface area contributed by atoms with Crippen LogP contribution in [-0.4, -0.2) is 97.4 Å². The van der Waals surface area contributed by atoms with Crippen LogP contribution < -0.4 is 25.6 Å². The van der Waals surface area contributed by atoms with E-state index in [1.54, 1.807) is 44.6 Å². The molecule has 11 nitrogen and oxygen atoms in total. The molecule has 2 N–H and O–H groups in total. The molecule has 4 aromatic rings. The number of aryl methyl sites for hydroxylation is 2. The summed E-state index contributed by atoms with van der Waals surface area (Å²) < 4.78 is 21.9. The first-order valence-electron chi connectivity index (χ1n) is 17.2. The first kappa shape index (κ1) is 35.9. The van der Waals surface area contributed by atoms with Gasteiger partial charge in [0.1, 0.15) is 24.8 Å². The number of anilines is 5. The molecule has 2 aliphatic rings. The lowest BCUT2D eigenvalue weighted by Gasteiger charge is -2.43. The number of halogens is 1. The van der Waals surface area contributed by atoms with E-state index in [1.807, 2.05) is 24.3 Å². The molecule has 0 radical (unpaired) electrons. The minimum absolute atomic E-state index is 0.328. The van der Waals surface area contributed by atoms with Crippen molar-refractivity contribution in [1.29, 1.82) is 5.26 Å². The first-order valence-corrected chi connectivity index (χ1v) is 20.6. The highest BCUT2D eigenvalue weighted by molar-refractivity contribution is 9.10. The van der Waals surface area contributed by atoms with Crippen LogP contribution in [0.4, 0.5) is 28.6 Å². The Kier molecular flexibility index (Phi) is 10.9. The Hall–Kier alpha value is -3.88. The van der Waals surface area contributed by atoms with Gasteiger partial charge >= 0.3 is 0 Å². The van der Waals surface area contributed by atoms with Gasteiger partial charge in [-0.25, -0.2) is 4.98 Å². The van der Waals surface area contributed by atoms with Crippen LogP contribution in [0, 0.1) is 11.3 Å². The molecule has 50 heavy (non-hydrogen) atoms. The summed E-state index contributed by atoms with van der Waals surface area (Å²) in [4.78, 5) is 12.3. The molecule has 0 atom stereocenters. The molecule has 2 aliphatic heterocycles. The number of nitrogens with one attached hydrogen (secondary N) is 2. The van der Waals surface area contributed by atoms with E-state index < -0.39 is 7.14 Å². The lowest BCUT2D eigenvalue weighted by molar-refractivity contribution is 0.0982. The van der Waals surface area contributed by atoms with Crippen LogP contribution in [0.25, 0.3) is 11.1 Å². The molecular weight excluding hydrogens is 713 g/mol. The summed E-state index contributed by atoms with van der Waals surface area (Å²) in [5, 5.41) is 21.5. The van der Waals surface area contributed by atoms with Crippen LogP contribution in [0.1, 0.15) is 31.0 Å². The van der Waals surface area contributed by atoms with Crippen LogP contribution in [0.3, 0.4) is 0 Å². The monoisotopic (exact) mass is 759 g/mol. The van der Waals surface area contributed by atoms with Gasteiger partial charge in [0.2, 0.25) is 0 Å². The molecule has 2 fully saturated rings. The topological polar surface area (TPSA) is 115 Å². The van der Waals surface area contributed by atoms with E-state index in [9.17, 15) is 9.83 Å². The summed E-state index contributed by atoms with van der Waals surface area (Å²) in [6.45, 7) is 12.4. The van der Waals surface area contributed by atoms with Crippen molar-refractivity contribution in [1.82, 2.24) is 24.6 Å². The van der Waals surface area contributed by atoms with Crippen LogP contribution >= 0.6 is 23.1 Å². The van der Waals surface area contributed by atoms with Crippen molar-refractivity contribution in [2.24, 2.45) is 7.05 Å². The van der Waals surface area contributed by atoms with Gasteiger partial charge in [-0.1, -0.05) is 13.0 Å². The third-order valence-electron chi connectivity index (χ3n) is 9.85. The molecule has 0 aliphatic carbocycles. The molecule has 0 saturated carbocycles. The predicted octanol–water partition coefficient (Wildman–Crippen LogP) is 6.64. The fourth-order valence-corrected chi connectivity index (χ4v) is 8.51. The molecule has 2 aromatic carbocycles. The van der Waals surface area contributed by atoms with Crippen LogP contribution in [0.2, 0.25) is 0 Å². The Morgan fingerprint density at radius 2 is 1.74 bits per heavy atom. The third-order valence-corrected chi connectivity index (χ3v) is 12.0. The lowest BCUT2D eigenvalue weighted by atomic mass is 9.99. The van der Waals surface area contributed by atoms with Crippen molar-refractivity contribution in [3.8, 4) is 22.9 Å². The largest absolute Gasteiger partial charge is 0.494 e. The van der Waals surface area contributed by atoms with Crippen molar-refractivity contribution in [3.63, 3.8) is 0 Å². The van der Waals surface area contributed by atoms with Gasteiger partial charge in [-0.2, -0.15) is 10.4 Å². The molecule has 264 valence electrons. The maximum atomic E-state index is 13.6. The van der Waals surface area contributed by atoms with Gasteiger partial charge in [0.05, 0.1) is 23.0 Å². The van der Waals surface area contributed by atoms with Crippen LogP contribution in [0.5, 0.6) is 5.75 Å². The van der Waals surface area contributed by atoms with E-state index in [0.717, 1.165) is 59.8 Å². The van der Waals surface area contributed by atoms with E-state index >= 15 is 0 Å². The Morgan fingerprint density at radius 3 is 2.40 bits per heavy atom. The fourth-order valence-electron chi connectivity index (χ4n) is 7.04. The van der Waals surface area contributed by atoms with E-state index in [-0.39, 0.29) is 0 Å². The molecule has 0 spiro atoms. The molecule has 2 saturated heterocycles. The maximum absolute atomic E-state index is 13.6. The summed E-state index contributed by atoms with van der Waals surface area (Å²) in [7, 11) is 2.97. The lowest BCUT2D eigenvalue weighted by Crippen LogP contribution is -2.52. The third kappa shape index (κ3) is 7.87. The van der Waals surface area contributed by atoms with Gasteiger partial charge in [0.25, 0.3) is 0 Å². The van der Waals surface area contributed by atoms with E-state index in [1.165, 1.54) is 37.2 Å². The molecule has 2 aromatic heterocycles. The average Bonchev–Trinajstić information content (AvgIpc) is 3.50. The minimum atomic E-state index is -2.73. The number of ether oxygens (including phenoxy) is 1. The van der Waals surface area contributed by atoms with Crippen molar-refractivity contribution in [2.45, 2.75) is 32.2 Å². The maximum Gasteiger partial charge on any atom is 0.170 e. The predicted molar refractivity (Wildman–Crippen MR) is 208 cm³/mol. The molecule has 4 heterocycles. The number of hydrogen-bond acceptors (Lipinski definition) is 10. The second-order valence-corrected chi connectivity index (χ2v) is 17.7. The fraction of sp³-hybridized carbons (Fsp3) is 0.432. The van der Waals surface area contributed by atoms with Gasteiger partial charge in [-0.15, -0.1) is 0 Å². The Balaban J connectivity index is 1.22. The van der Waals surface area contributed by atoms with E-state index in [4.69, 9.17) is 4.74 Å². The van der Waals surface area contributed by atoms with Gasteiger partial charge < -0.3 is 29.7 Å². The van der Waals surface area contributed by atoms with E-state index in [2.05, 4.69) is 83.5 Å². The number of methoxy groups -OCH3 is 1. The van der Waals surface area contributed by atoms with Gasteiger partial charge in [-0.05, 0) is 84.9 Å².